The number of ether oxygens (including phenoxy) is 6. The van der Waals surface area contributed by atoms with Crippen LogP contribution in [0.1, 0.15) is 172 Å². The van der Waals surface area contributed by atoms with Crippen LogP contribution in [-0.2, 0) is 32.1 Å². The number of morpholine rings is 1. The summed E-state index contributed by atoms with van der Waals surface area (Å²) in [5.41, 5.74) is 7.10. The number of methoxy groups -OCH3 is 5. The second-order valence-electron chi connectivity index (χ2n) is 38.5. The fourth-order valence-corrected chi connectivity index (χ4v) is 20.0. The van der Waals surface area contributed by atoms with Crippen molar-refractivity contribution in [1.82, 2.24) is 44.8 Å². The standard InChI is InChI=1S/C30H38FN5O2.C27H33FN4O2.C26H31FN4O2.C25H29FN4O/c1-34(15-16-35-17-19-38-20-18-35)23-7-8-26-25(21-23)28(33-29(32-26)30(31)11-12-30)36-13-9-22(10-14-36)24-5-3-4-6-27(24)37-2;1-31(16-17-33-2)20-8-9-23-22(18-20)25(30-26(29-23)27(28)12-13-27)32-14-10-19(11-15-32)21-6-4-5-7-24(21)34-3;1-30(15-16-32)19-7-8-22-21(17-19)24(29-25(28-22)26(27)11-12-26)31-13-9-18(10-14-31)20-5-3-4-6-23(20)33-2;1-29(2)18-8-9-21-20(16-18)23(28-24(27-21)25(26)12-13-25)30-14-10-17(11-15-30)19-6-4-5-7-22(19)31-3/h3-8,21-22H,9-20H2,1-2H3;4-9,18-19H,10-17H2,1-3H3;3-8,17-18,32H,9-16H2,1-2H3;4-9,16-17H,10-15H2,1-3H3. The van der Waals surface area contributed by atoms with E-state index in [-0.39, 0.29) is 6.61 Å². The Kier molecular flexibility index (Phi) is 28.7. The van der Waals surface area contributed by atoms with Crippen molar-refractivity contribution in [3.63, 3.8) is 0 Å². The maximum Gasteiger partial charge on any atom is 0.170 e. The monoisotopic (exact) mass is 1850 g/mol. The first-order valence-corrected chi connectivity index (χ1v) is 48.8. The molecular weight excluding hydrogens is 1720 g/mol. The average Bonchev–Trinajstić information content (AvgIpc) is 1.55. The molecule has 0 atom stereocenters. The normalized spacial score (nSPS) is 18.5. The van der Waals surface area contributed by atoms with Gasteiger partial charge in [-0.05, 0) is 246 Å². The predicted octanol–water partition coefficient (Wildman–Crippen LogP) is 19.3. The van der Waals surface area contributed by atoms with Crippen molar-refractivity contribution in [2.45, 2.75) is 149 Å². The summed E-state index contributed by atoms with van der Waals surface area (Å²) in [4.78, 5) is 58.0. The number of fused-ring (bicyclic) bond motifs is 4. The minimum Gasteiger partial charge on any atom is -0.496 e. The number of likely N-dealkylation sites (N-methyl/N-ethyl adjacent to an activating group) is 3. The van der Waals surface area contributed by atoms with Crippen LogP contribution < -0.4 is 58.1 Å². The zero-order chi connectivity index (χ0) is 94.4. The number of aliphatic hydroxyl groups excluding tert-OH is 1. The van der Waals surface area contributed by atoms with Gasteiger partial charge in [-0.15, -0.1) is 0 Å². The smallest absolute Gasteiger partial charge is 0.170 e. The van der Waals surface area contributed by atoms with Gasteiger partial charge < -0.3 is 72.7 Å². The van der Waals surface area contributed by atoms with Gasteiger partial charge in [-0.3, -0.25) is 4.90 Å². The topological polar surface area (TPSA) is 208 Å². The molecule has 718 valence electrons. The number of hydrogen-bond donors (Lipinski definition) is 1. The molecule has 9 heterocycles. The summed E-state index contributed by atoms with van der Waals surface area (Å²) in [7, 11) is 18.8. The summed E-state index contributed by atoms with van der Waals surface area (Å²) in [6.07, 6.45) is 12.0. The molecule has 28 heteroatoms. The molecule has 4 aromatic heterocycles. The first-order chi connectivity index (χ1) is 66.1. The molecule has 4 saturated carbocycles. The first kappa shape index (κ1) is 94.6. The van der Waals surface area contributed by atoms with Crippen LogP contribution >= 0.6 is 0 Å². The molecule has 136 heavy (non-hydrogen) atoms. The molecule has 4 aliphatic carbocycles. The van der Waals surface area contributed by atoms with Gasteiger partial charge in [0, 0.05) is 178 Å². The molecule has 0 unspecified atom stereocenters. The highest BCUT2D eigenvalue weighted by Gasteiger charge is 2.52. The third-order valence-corrected chi connectivity index (χ3v) is 29.2. The van der Waals surface area contributed by atoms with E-state index in [2.05, 4.69) is 147 Å². The Morgan fingerprint density at radius 1 is 0.338 bits per heavy atom. The summed E-state index contributed by atoms with van der Waals surface area (Å²) in [6, 6.07) is 57.8. The van der Waals surface area contributed by atoms with Gasteiger partial charge in [0.2, 0.25) is 0 Å². The molecule has 12 aromatic rings. The Morgan fingerprint density at radius 3 is 0.868 bits per heavy atom. The number of piperidine rings is 4. The largest absolute Gasteiger partial charge is 0.496 e. The van der Waals surface area contributed by atoms with E-state index >= 15 is 8.78 Å². The second-order valence-corrected chi connectivity index (χ2v) is 38.5. The van der Waals surface area contributed by atoms with Crippen molar-refractivity contribution >= 4 is 89.6 Å². The molecule has 21 rings (SSSR count). The SMILES string of the molecule is COCCN(C)c1ccc2nc(C3(F)CC3)nc(N3CCC(c4ccccc4OC)CC3)c2c1.COc1ccccc1C1CCN(c2nc(C3(F)CC3)nc3ccc(N(C)C)cc23)CC1.COc1ccccc1C1CCN(c2nc(C3(F)CC3)nc3ccc(N(C)CCN4CCOCC4)cc23)CC1.COc1ccccc1C1CCN(c2nc(C3(F)CC3)nc3ccc(N(C)CCO)cc23)CC1. The van der Waals surface area contributed by atoms with Crippen molar-refractivity contribution in [2.75, 3.05) is 228 Å². The quantitative estimate of drug-likeness (QED) is 0.0452. The Hall–Kier alpha value is -11.7. The zero-order valence-electron chi connectivity index (χ0n) is 80.5. The van der Waals surface area contributed by atoms with Crippen LogP contribution in [0, 0.1) is 0 Å². The number of para-hydroxylation sites is 4. The van der Waals surface area contributed by atoms with Crippen LogP contribution in [0.3, 0.4) is 0 Å². The molecule has 5 aliphatic heterocycles. The minimum absolute atomic E-state index is 0.0810. The van der Waals surface area contributed by atoms with Gasteiger partial charge in [0.05, 0.1) is 76.9 Å². The molecule has 8 aromatic carbocycles. The van der Waals surface area contributed by atoms with E-state index in [0.29, 0.717) is 111 Å². The molecule has 9 fully saturated rings. The van der Waals surface area contributed by atoms with Crippen molar-refractivity contribution in [1.29, 1.82) is 0 Å². The number of aromatic nitrogens is 8. The van der Waals surface area contributed by atoms with Crippen molar-refractivity contribution in [2.24, 2.45) is 0 Å². The van der Waals surface area contributed by atoms with Crippen LogP contribution in [0.5, 0.6) is 23.0 Å². The predicted molar refractivity (Wildman–Crippen MR) is 535 cm³/mol. The Bertz CT molecular complexity index is 6150. The number of aliphatic hydroxyl groups is 1. The first-order valence-electron chi connectivity index (χ1n) is 48.8. The third kappa shape index (κ3) is 21.1. The van der Waals surface area contributed by atoms with Gasteiger partial charge in [0.15, 0.2) is 46.0 Å². The van der Waals surface area contributed by atoms with Gasteiger partial charge in [-0.2, -0.15) is 0 Å². The number of hydrogen-bond acceptors (Lipinski definition) is 24. The van der Waals surface area contributed by atoms with Gasteiger partial charge in [0.25, 0.3) is 0 Å². The van der Waals surface area contributed by atoms with E-state index in [0.717, 1.165) is 262 Å². The highest BCUT2D eigenvalue weighted by atomic mass is 19.2. The number of halogens is 4. The lowest BCUT2D eigenvalue weighted by Gasteiger charge is -2.34. The summed E-state index contributed by atoms with van der Waals surface area (Å²) < 4.78 is 93.3. The molecule has 0 radical (unpaired) electrons. The number of alkyl halides is 4. The molecule has 1 N–H and O–H groups in total. The summed E-state index contributed by atoms with van der Waals surface area (Å²) in [5, 5.41) is 13.2. The van der Waals surface area contributed by atoms with E-state index in [4.69, 9.17) is 53.3 Å². The maximum atomic E-state index is 15.2. The van der Waals surface area contributed by atoms with Crippen molar-refractivity contribution < 1.29 is 51.1 Å². The van der Waals surface area contributed by atoms with Crippen LogP contribution in [0.15, 0.2) is 170 Å². The minimum atomic E-state index is -1.38. The Labute approximate surface area is 796 Å². The molecule has 0 bridgehead atoms. The molecule has 0 amide bonds. The van der Waals surface area contributed by atoms with Crippen LogP contribution in [0.2, 0.25) is 0 Å². The molecular formula is C108H131F4N17O7. The summed E-state index contributed by atoms with van der Waals surface area (Å²) in [5.74, 6) is 10.3. The zero-order valence-corrected chi connectivity index (χ0v) is 80.5. The number of rotatable bonds is 28. The van der Waals surface area contributed by atoms with Crippen LogP contribution in [0.25, 0.3) is 43.6 Å². The number of nitrogens with zero attached hydrogens (tertiary/aromatic N) is 17. The van der Waals surface area contributed by atoms with E-state index in [1.807, 2.05) is 117 Å². The lowest BCUT2D eigenvalue weighted by atomic mass is 9.88. The van der Waals surface area contributed by atoms with Gasteiger partial charge in [0.1, 0.15) is 46.3 Å². The third-order valence-electron chi connectivity index (χ3n) is 29.2. The summed E-state index contributed by atoms with van der Waals surface area (Å²) >= 11 is 0. The van der Waals surface area contributed by atoms with Crippen molar-refractivity contribution in [3.05, 3.63) is 215 Å². The van der Waals surface area contributed by atoms with Crippen LogP contribution in [-0.4, -0.2) is 239 Å². The van der Waals surface area contributed by atoms with Gasteiger partial charge in [-0.1, -0.05) is 72.8 Å². The molecule has 0 spiro atoms. The lowest BCUT2D eigenvalue weighted by Crippen LogP contribution is -2.40. The molecule has 24 nitrogen and oxygen atoms in total. The summed E-state index contributed by atoms with van der Waals surface area (Å²) in [6.45, 7) is 14.5. The highest BCUT2D eigenvalue weighted by Crippen LogP contribution is 2.54. The lowest BCUT2D eigenvalue weighted by molar-refractivity contribution is 0.0393. The molecule has 9 aliphatic rings. The van der Waals surface area contributed by atoms with E-state index < -0.39 is 22.7 Å². The van der Waals surface area contributed by atoms with Crippen LogP contribution in [0.4, 0.5) is 63.6 Å². The average molecular weight is 1860 g/mol. The maximum absolute atomic E-state index is 15.2. The molecule has 5 saturated heterocycles. The van der Waals surface area contributed by atoms with E-state index in [1.165, 1.54) is 22.3 Å². The highest BCUT2D eigenvalue weighted by molar-refractivity contribution is 5.96. The second kappa shape index (κ2) is 41.3. The Morgan fingerprint density at radius 2 is 0.603 bits per heavy atom. The number of benzene rings is 8. The fourth-order valence-electron chi connectivity index (χ4n) is 20.0. The van der Waals surface area contributed by atoms with Crippen molar-refractivity contribution in [3.8, 4) is 23.0 Å². The van der Waals surface area contributed by atoms with E-state index in [1.54, 1.807) is 35.5 Å². The fraction of sp³-hybridized carbons (Fsp3) is 0.481. The number of anilines is 8. The Balaban J connectivity index is 0.000000121. The van der Waals surface area contributed by atoms with Gasteiger partial charge in [-0.25, -0.2) is 57.4 Å². The van der Waals surface area contributed by atoms with Gasteiger partial charge >= 0.3 is 0 Å². The van der Waals surface area contributed by atoms with E-state index in [9.17, 15) is 13.9 Å².